The van der Waals surface area contributed by atoms with Crippen molar-refractivity contribution >= 4 is 5.91 Å². The number of amides is 1. The first-order valence-corrected chi connectivity index (χ1v) is 6.55. The predicted octanol–water partition coefficient (Wildman–Crippen LogP) is 2.35. The summed E-state index contributed by atoms with van der Waals surface area (Å²) >= 11 is 0. The van der Waals surface area contributed by atoms with Gasteiger partial charge in [-0.1, -0.05) is 39.0 Å². The second kappa shape index (κ2) is 6.01. The highest BCUT2D eigenvalue weighted by Crippen LogP contribution is 2.17. The van der Waals surface area contributed by atoms with Gasteiger partial charge in [0.1, 0.15) is 0 Å². The van der Waals surface area contributed by atoms with Gasteiger partial charge in [-0.05, 0) is 30.9 Å². The molecular formula is C15H24N2O. The Hall–Kier alpha value is -1.35. The van der Waals surface area contributed by atoms with Gasteiger partial charge in [0.2, 0.25) is 0 Å². The van der Waals surface area contributed by atoms with Crippen LogP contribution in [-0.4, -0.2) is 18.0 Å². The molecule has 0 radical (unpaired) electrons. The molecule has 0 fully saturated rings. The Morgan fingerprint density at radius 2 is 2.00 bits per heavy atom. The molecule has 100 valence electrons. The van der Waals surface area contributed by atoms with E-state index < -0.39 is 0 Å². The van der Waals surface area contributed by atoms with Gasteiger partial charge in [-0.3, -0.25) is 4.79 Å². The molecule has 3 heteroatoms. The van der Waals surface area contributed by atoms with E-state index in [2.05, 4.69) is 26.1 Å². The van der Waals surface area contributed by atoms with E-state index in [0.29, 0.717) is 12.5 Å². The standard InChI is InChI=1S/C15H24N2O/c1-5-12-8-6-7-9-13(12)14(18)17-15(4,10-16)11(2)3/h6-9,11H,5,10,16H2,1-4H3,(H,17,18). The van der Waals surface area contributed by atoms with Crippen LogP contribution in [-0.2, 0) is 6.42 Å². The fourth-order valence-corrected chi connectivity index (χ4v) is 1.81. The first-order valence-electron chi connectivity index (χ1n) is 6.55. The topological polar surface area (TPSA) is 55.1 Å². The molecule has 0 bridgehead atoms. The van der Waals surface area contributed by atoms with Crippen molar-refractivity contribution in [1.82, 2.24) is 5.32 Å². The molecule has 3 N–H and O–H groups in total. The lowest BCUT2D eigenvalue weighted by atomic mass is 9.88. The summed E-state index contributed by atoms with van der Waals surface area (Å²) in [7, 11) is 0. The number of carbonyl (C=O) groups excluding carboxylic acids is 1. The van der Waals surface area contributed by atoms with E-state index in [0.717, 1.165) is 17.5 Å². The Morgan fingerprint density at radius 1 is 1.39 bits per heavy atom. The molecule has 1 atom stereocenters. The van der Waals surface area contributed by atoms with Gasteiger partial charge in [0.25, 0.3) is 5.91 Å². The molecule has 0 spiro atoms. The fourth-order valence-electron chi connectivity index (χ4n) is 1.81. The van der Waals surface area contributed by atoms with Crippen LogP contribution in [0.25, 0.3) is 0 Å². The predicted molar refractivity (Wildman–Crippen MR) is 75.6 cm³/mol. The Balaban J connectivity index is 2.95. The summed E-state index contributed by atoms with van der Waals surface area (Å²) < 4.78 is 0. The summed E-state index contributed by atoms with van der Waals surface area (Å²) in [6.07, 6.45) is 0.852. The van der Waals surface area contributed by atoms with Crippen molar-refractivity contribution in [3.05, 3.63) is 35.4 Å². The van der Waals surface area contributed by atoms with E-state index >= 15 is 0 Å². The van der Waals surface area contributed by atoms with Gasteiger partial charge < -0.3 is 11.1 Å². The number of nitrogens with two attached hydrogens (primary N) is 1. The van der Waals surface area contributed by atoms with Gasteiger partial charge in [-0.2, -0.15) is 0 Å². The molecule has 1 unspecified atom stereocenters. The highest BCUT2D eigenvalue weighted by molar-refractivity contribution is 5.96. The summed E-state index contributed by atoms with van der Waals surface area (Å²) in [6.45, 7) is 8.61. The molecule has 0 heterocycles. The van der Waals surface area contributed by atoms with Crippen LogP contribution in [0.2, 0.25) is 0 Å². The SMILES string of the molecule is CCc1ccccc1C(=O)NC(C)(CN)C(C)C. The van der Waals surface area contributed by atoms with Crippen LogP contribution in [0.15, 0.2) is 24.3 Å². The monoisotopic (exact) mass is 248 g/mol. The average molecular weight is 248 g/mol. The third kappa shape index (κ3) is 3.10. The van der Waals surface area contributed by atoms with E-state index in [9.17, 15) is 4.79 Å². The number of aryl methyl sites for hydroxylation is 1. The van der Waals surface area contributed by atoms with Crippen LogP contribution in [0.3, 0.4) is 0 Å². The normalized spacial score (nSPS) is 14.3. The number of hydrogen-bond acceptors (Lipinski definition) is 2. The zero-order chi connectivity index (χ0) is 13.8. The maximum absolute atomic E-state index is 12.3. The lowest BCUT2D eigenvalue weighted by molar-refractivity contribution is 0.0882. The van der Waals surface area contributed by atoms with Gasteiger partial charge >= 0.3 is 0 Å². The molecule has 0 aliphatic heterocycles. The summed E-state index contributed by atoms with van der Waals surface area (Å²) in [5.74, 6) is 0.259. The first-order chi connectivity index (χ1) is 8.44. The molecular weight excluding hydrogens is 224 g/mol. The van der Waals surface area contributed by atoms with Crippen molar-refractivity contribution < 1.29 is 4.79 Å². The minimum Gasteiger partial charge on any atom is -0.345 e. The molecule has 18 heavy (non-hydrogen) atoms. The van der Waals surface area contributed by atoms with Gasteiger partial charge in [0, 0.05) is 12.1 Å². The average Bonchev–Trinajstić information content (AvgIpc) is 2.38. The molecule has 3 nitrogen and oxygen atoms in total. The van der Waals surface area contributed by atoms with E-state index in [1.54, 1.807) is 0 Å². The summed E-state index contributed by atoms with van der Waals surface area (Å²) in [5, 5.41) is 3.07. The Morgan fingerprint density at radius 3 is 2.50 bits per heavy atom. The number of rotatable bonds is 5. The zero-order valence-electron chi connectivity index (χ0n) is 11.8. The van der Waals surface area contributed by atoms with Crippen molar-refractivity contribution in [2.24, 2.45) is 11.7 Å². The molecule has 1 rings (SSSR count). The van der Waals surface area contributed by atoms with Crippen LogP contribution in [0.1, 0.15) is 43.6 Å². The molecule has 0 aliphatic carbocycles. The highest BCUT2D eigenvalue weighted by atomic mass is 16.1. The van der Waals surface area contributed by atoms with Crippen LogP contribution >= 0.6 is 0 Å². The van der Waals surface area contributed by atoms with Gasteiger partial charge in [0.15, 0.2) is 0 Å². The first kappa shape index (κ1) is 14.7. The summed E-state index contributed by atoms with van der Waals surface area (Å²) in [6, 6.07) is 7.71. The largest absolute Gasteiger partial charge is 0.345 e. The molecule has 0 aromatic heterocycles. The number of benzene rings is 1. The Labute approximate surface area is 110 Å². The zero-order valence-corrected chi connectivity index (χ0v) is 11.8. The second-order valence-electron chi connectivity index (χ2n) is 5.24. The van der Waals surface area contributed by atoms with E-state index in [1.165, 1.54) is 0 Å². The quantitative estimate of drug-likeness (QED) is 0.840. The number of nitrogens with one attached hydrogen (secondary N) is 1. The third-order valence-corrected chi connectivity index (χ3v) is 3.74. The molecule has 1 amide bonds. The molecule has 1 aromatic rings. The minimum atomic E-state index is -0.363. The highest BCUT2D eigenvalue weighted by Gasteiger charge is 2.29. The molecule has 0 aliphatic rings. The van der Waals surface area contributed by atoms with Crippen molar-refractivity contribution in [2.75, 3.05) is 6.54 Å². The van der Waals surface area contributed by atoms with E-state index in [1.807, 2.05) is 31.2 Å². The molecule has 0 saturated carbocycles. The Bertz CT molecular complexity index is 415. The molecule has 0 saturated heterocycles. The van der Waals surface area contributed by atoms with Crippen LogP contribution in [0.5, 0.6) is 0 Å². The van der Waals surface area contributed by atoms with Gasteiger partial charge in [-0.15, -0.1) is 0 Å². The second-order valence-corrected chi connectivity index (χ2v) is 5.24. The number of carbonyl (C=O) groups is 1. The van der Waals surface area contributed by atoms with Crippen LogP contribution in [0, 0.1) is 5.92 Å². The summed E-state index contributed by atoms with van der Waals surface area (Å²) in [5.41, 5.74) is 7.25. The van der Waals surface area contributed by atoms with Gasteiger partial charge in [0.05, 0.1) is 5.54 Å². The number of hydrogen-bond donors (Lipinski definition) is 2. The van der Waals surface area contributed by atoms with Crippen molar-refractivity contribution in [3.8, 4) is 0 Å². The maximum atomic E-state index is 12.3. The van der Waals surface area contributed by atoms with E-state index in [-0.39, 0.29) is 11.4 Å². The van der Waals surface area contributed by atoms with Crippen molar-refractivity contribution in [3.63, 3.8) is 0 Å². The smallest absolute Gasteiger partial charge is 0.252 e. The van der Waals surface area contributed by atoms with Gasteiger partial charge in [-0.25, -0.2) is 0 Å². The fraction of sp³-hybridized carbons (Fsp3) is 0.533. The third-order valence-electron chi connectivity index (χ3n) is 3.74. The lowest BCUT2D eigenvalue weighted by Crippen LogP contribution is -2.55. The maximum Gasteiger partial charge on any atom is 0.252 e. The lowest BCUT2D eigenvalue weighted by Gasteiger charge is -2.33. The summed E-state index contributed by atoms with van der Waals surface area (Å²) in [4.78, 5) is 12.3. The van der Waals surface area contributed by atoms with E-state index in [4.69, 9.17) is 5.73 Å². The van der Waals surface area contributed by atoms with Crippen LogP contribution in [0.4, 0.5) is 0 Å². The van der Waals surface area contributed by atoms with Crippen LogP contribution < -0.4 is 11.1 Å². The minimum absolute atomic E-state index is 0.0332. The van der Waals surface area contributed by atoms with Crippen molar-refractivity contribution in [2.45, 2.75) is 39.7 Å². The Kier molecular flexibility index (Phi) is 4.91. The molecule has 1 aromatic carbocycles. The van der Waals surface area contributed by atoms with Crippen molar-refractivity contribution in [1.29, 1.82) is 0 Å².